The van der Waals surface area contributed by atoms with Gasteiger partial charge in [-0.05, 0) is 24.9 Å². The smallest absolute Gasteiger partial charge is 0.303 e. The molecular formula is C19H23NO8S. The van der Waals surface area contributed by atoms with Gasteiger partial charge < -0.3 is 24.1 Å². The maximum atomic E-state index is 11.7. The Hall–Kier alpha value is -2.59. The number of carbonyl (C=O) groups is 3. The summed E-state index contributed by atoms with van der Waals surface area (Å²) in [6, 6.07) is 5.58. The predicted molar refractivity (Wildman–Crippen MR) is 104 cm³/mol. The number of hydrogen-bond acceptors (Lipinski definition) is 10. The summed E-state index contributed by atoms with van der Waals surface area (Å²) in [5.41, 5.74) is -0.788. The summed E-state index contributed by atoms with van der Waals surface area (Å²) in [5.74, 6) is -1.64. The fourth-order valence-corrected chi connectivity index (χ4v) is 4.04. The monoisotopic (exact) mass is 425 g/mol. The number of thioether (sulfide) groups is 1. The molecule has 29 heavy (non-hydrogen) atoms. The van der Waals surface area contributed by atoms with Crippen LogP contribution in [0.25, 0.3) is 0 Å². The molecule has 9 nitrogen and oxygen atoms in total. The molecule has 1 aliphatic rings. The Balaban J connectivity index is 2.37. The quantitative estimate of drug-likeness (QED) is 0.395. The maximum absolute atomic E-state index is 11.7. The lowest BCUT2D eigenvalue weighted by atomic mass is 9.97. The second-order valence-electron chi connectivity index (χ2n) is 6.28. The molecule has 1 saturated heterocycles. The number of phenols is 1. The van der Waals surface area contributed by atoms with Crippen LogP contribution >= 0.6 is 11.8 Å². The number of aromatic hydroxyl groups is 1. The summed E-state index contributed by atoms with van der Waals surface area (Å²) in [6.45, 7) is 7.05. The molecule has 5 atom stereocenters. The number of phenolic OH excluding ortho intramolecular Hbond substituents is 1. The minimum absolute atomic E-state index is 0.0579. The van der Waals surface area contributed by atoms with Crippen LogP contribution in [0.1, 0.15) is 20.8 Å². The fourth-order valence-electron chi connectivity index (χ4n) is 2.88. The van der Waals surface area contributed by atoms with Crippen molar-refractivity contribution in [3.8, 4) is 5.75 Å². The molecule has 1 fully saturated rings. The zero-order valence-electron chi connectivity index (χ0n) is 16.3. The highest BCUT2D eigenvalue weighted by molar-refractivity contribution is 7.99. The Kier molecular flexibility index (Phi) is 8.03. The number of benzene rings is 1. The lowest BCUT2D eigenvalue weighted by Crippen LogP contribution is -2.59. The molecule has 0 aromatic heterocycles. The number of hydrogen-bond donors (Lipinski definition) is 1. The highest BCUT2D eigenvalue weighted by atomic mass is 32.2. The topological polar surface area (TPSA) is 121 Å². The first-order valence-electron chi connectivity index (χ1n) is 8.76. The lowest BCUT2D eigenvalue weighted by Gasteiger charge is -2.43. The molecule has 1 aromatic rings. The molecular weight excluding hydrogens is 402 g/mol. The van der Waals surface area contributed by atoms with Gasteiger partial charge in [-0.15, -0.1) is 0 Å². The van der Waals surface area contributed by atoms with E-state index in [4.69, 9.17) is 18.9 Å². The average Bonchev–Trinajstić information content (AvgIpc) is 2.62. The summed E-state index contributed by atoms with van der Waals surface area (Å²) in [4.78, 5) is 39.2. The molecule has 10 heteroatoms. The molecule has 1 aromatic carbocycles. The van der Waals surface area contributed by atoms with Gasteiger partial charge in [-0.2, -0.15) is 0 Å². The largest absolute Gasteiger partial charge is 0.508 e. The molecule has 0 spiro atoms. The second kappa shape index (κ2) is 10.3. The number of nitrogens with zero attached hydrogens (tertiary/aromatic N) is 1. The highest BCUT2D eigenvalue weighted by Crippen LogP contribution is 2.38. The Morgan fingerprint density at radius 3 is 2.34 bits per heavy atom. The van der Waals surface area contributed by atoms with Gasteiger partial charge in [0.15, 0.2) is 12.2 Å². The first-order valence-corrected chi connectivity index (χ1v) is 9.64. The molecule has 3 unspecified atom stereocenters. The molecule has 1 heterocycles. The Morgan fingerprint density at radius 2 is 1.79 bits per heavy atom. The van der Waals surface area contributed by atoms with Gasteiger partial charge in [0, 0.05) is 25.7 Å². The van der Waals surface area contributed by atoms with Crippen molar-refractivity contribution < 1.29 is 38.4 Å². The van der Waals surface area contributed by atoms with Crippen molar-refractivity contribution in [3.05, 3.63) is 24.3 Å². The van der Waals surface area contributed by atoms with Gasteiger partial charge in [-0.1, -0.05) is 17.8 Å². The maximum Gasteiger partial charge on any atom is 0.303 e. The zero-order valence-corrected chi connectivity index (χ0v) is 17.1. The summed E-state index contributed by atoms with van der Waals surface area (Å²) in [7, 11) is 0. The number of esters is 3. The van der Waals surface area contributed by atoms with Gasteiger partial charge in [0.1, 0.15) is 29.9 Å². The van der Waals surface area contributed by atoms with E-state index in [1.807, 2.05) is 0 Å². The van der Waals surface area contributed by atoms with Crippen LogP contribution in [0.15, 0.2) is 34.2 Å². The van der Waals surface area contributed by atoms with Gasteiger partial charge in [-0.3, -0.25) is 19.4 Å². The molecule has 0 bridgehead atoms. The van der Waals surface area contributed by atoms with Crippen molar-refractivity contribution in [1.29, 1.82) is 0 Å². The molecule has 1 N–H and O–H groups in total. The minimum atomic E-state index is -0.977. The van der Waals surface area contributed by atoms with Crippen LogP contribution in [0.3, 0.4) is 0 Å². The van der Waals surface area contributed by atoms with Crippen LogP contribution in [0.2, 0.25) is 0 Å². The zero-order chi connectivity index (χ0) is 21.6. The van der Waals surface area contributed by atoms with Crippen molar-refractivity contribution in [2.75, 3.05) is 6.61 Å². The van der Waals surface area contributed by atoms with E-state index >= 15 is 0 Å². The van der Waals surface area contributed by atoms with E-state index in [2.05, 4.69) is 11.7 Å². The van der Waals surface area contributed by atoms with Crippen LogP contribution in [0.5, 0.6) is 5.75 Å². The van der Waals surface area contributed by atoms with Crippen LogP contribution in [-0.2, 0) is 33.3 Å². The van der Waals surface area contributed by atoms with Gasteiger partial charge >= 0.3 is 17.9 Å². The molecule has 0 aliphatic carbocycles. The van der Waals surface area contributed by atoms with Crippen molar-refractivity contribution in [2.45, 2.75) is 55.5 Å². The third-order valence-corrected chi connectivity index (χ3v) is 5.09. The summed E-state index contributed by atoms with van der Waals surface area (Å²) >= 11 is 1.18. The van der Waals surface area contributed by atoms with Crippen molar-refractivity contribution >= 4 is 36.4 Å². The molecule has 2 rings (SSSR count). The number of aliphatic imine (C=N–C) groups is 1. The number of carbonyl (C=O) groups excluding carboxylic acids is 3. The van der Waals surface area contributed by atoms with E-state index in [-0.39, 0.29) is 12.4 Å². The Labute approximate surface area is 172 Å². The SMILES string of the molecule is C=NC1C(OC(C)=O)[C@@H](Sc2cccc(O)c2)OC(COC(C)=O)[C@@H]1OC(C)=O. The standard InChI is InChI=1S/C19H23NO8S/c1-10(21)25-9-15-17(26-11(2)22)16(20-4)18(27-12(3)23)19(28-15)29-14-7-5-6-13(24)8-14/h5-8,15-19,24H,4,9H2,1-3H3/t15?,16?,17-,18?,19+/m0/s1. The Morgan fingerprint density at radius 1 is 1.14 bits per heavy atom. The van der Waals surface area contributed by atoms with E-state index in [0.717, 1.165) is 0 Å². The third kappa shape index (κ3) is 6.47. The van der Waals surface area contributed by atoms with Gasteiger partial charge in [0.25, 0.3) is 0 Å². The number of rotatable bonds is 7. The minimum Gasteiger partial charge on any atom is -0.508 e. The van der Waals surface area contributed by atoms with E-state index in [1.165, 1.54) is 44.7 Å². The number of ether oxygens (including phenoxy) is 4. The first-order chi connectivity index (χ1) is 13.7. The van der Waals surface area contributed by atoms with E-state index < -0.39 is 47.7 Å². The van der Waals surface area contributed by atoms with Gasteiger partial charge in [-0.25, -0.2) is 0 Å². The summed E-state index contributed by atoms with van der Waals surface area (Å²) in [5, 5.41) is 9.71. The average molecular weight is 425 g/mol. The lowest BCUT2D eigenvalue weighted by molar-refractivity contribution is -0.200. The van der Waals surface area contributed by atoms with Gasteiger partial charge in [0.05, 0.1) is 0 Å². The Bertz CT molecular complexity index is 770. The predicted octanol–water partition coefficient (Wildman–Crippen LogP) is 1.70. The van der Waals surface area contributed by atoms with E-state index in [1.54, 1.807) is 12.1 Å². The van der Waals surface area contributed by atoms with Crippen LogP contribution in [0.4, 0.5) is 0 Å². The normalized spacial score (nSPS) is 26.2. The first kappa shape index (κ1) is 22.7. The molecule has 0 saturated carbocycles. The molecule has 0 amide bonds. The van der Waals surface area contributed by atoms with Crippen LogP contribution in [-0.4, -0.2) is 66.1 Å². The third-order valence-electron chi connectivity index (χ3n) is 3.95. The van der Waals surface area contributed by atoms with Crippen LogP contribution in [0, 0.1) is 0 Å². The highest BCUT2D eigenvalue weighted by Gasteiger charge is 2.50. The van der Waals surface area contributed by atoms with E-state index in [0.29, 0.717) is 4.90 Å². The van der Waals surface area contributed by atoms with Crippen molar-refractivity contribution in [3.63, 3.8) is 0 Å². The van der Waals surface area contributed by atoms with Crippen LogP contribution < -0.4 is 0 Å². The van der Waals surface area contributed by atoms with Crippen molar-refractivity contribution in [2.24, 2.45) is 4.99 Å². The second-order valence-corrected chi connectivity index (χ2v) is 7.45. The molecule has 158 valence electrons. The fraction of sp³-hybridized carbons (Fsp3) is 0.474. The molecule has 0 radical (unpaired) electrons. The van der Waals surface area contributed by atoms with Crippen molar-refractivity contribution in [1.82, 2.24) is 0 Å². The van der Waals surface area contributed by atoms with Gasteiger partial charge in [0.2, 0.25) is 0 Å². The summed E-state index contributed by atoms with van der Waals surface area (Å²) < 4.78 is 21.8. The molecule has 1 aliphatic heterocycles. The van der Waals surface area contributed by atoms with E-state index in [9.17, 15) is 19.5 Å². The summed E-state index contributed by atoms with van der Waals surface area (Å²) in [6.07, 6.45) is -2.77.